The first-order valence-electron chi connectivity index (χ1n) is 6.14. The van der Waals surface area contributed by atoms with Gasteiger partial charge in [-0.2, -0.15) is 5.10 Å². The van der Waals surface area contributed by atoms with Crippen molar-refractivity contribution in [3.8, 4) is 0 Å². The SMILES string of the molecule is C.C=C1C(Cl)=CC(C)=C(c2nn(C)c(S(C)=O)c2C)N1C. The lowest BCUT2D eigenvalue weighted by molar-refractivity contribution is 0.597. The van der Waals surface area contributed by atoms with Gasteiger partial charge in [-0.15, -0.1) is 0 Å². The molecular weight excluding hydrogens is 306 g/mol. The molecule has 0 aromatic carbocycles. The summed E-state index contributed by atoms with van der Waals surface area (Å²) in [4.78, 5) is 1.93. The molecule has 4 nitrogen and oxygen atoms in total. The third-order valence-corrected chi connectivity index (χ3v) is 4.89. The first kappa shape index (κ1) is 17.7. The molecule has 1 atom stereocenters. The second kappa shape index (κ2) is 6.20. The lowest BCUT2D eigenvalue weighted by Gasteiger charge is -2.29. The number of allylic oxidation sites excluding steroid dienone is 3. The van der Waals surface area contributed by atoms with Gasteiger partial charge in [0, 0.05) is 25.9 Å². The highest BCUT2D eigenvalue weighted by molar-refractivity contribution is 7.84. The Kier molecular flexibility index (Phi) is 5.23. The normalized spacial score (nSPS) is 16.8. The molecule has 0 saturated heterocycles. The van der Waals surface area contributed by atoms with Gasteiger partial charge in [0.1, 0.15) is 10.7 Å². The van der Waals surface area contributed by atoms with E-state index in [1.165, 1.54) is 0 Å². The first-order chi connectivity index (χ1) is 9.25. The number of rotatable bonds is 2. The number of likely N-dealkylation sites (N-methyl/N-ethyl adjacent to an activating group) is 1. The van der Waals surface area contributed by atoms with Crippen LogP contribution < -0.4 is 0 Å². The summed E-state index contributed by atoms with van der Waals surface area (Å²) >= 11 is 6.15. The topological polar surface area (TPSA) is 38.1 Å². The van der Waals surface area contributed by atoms with Gasteiger partial charge < -0.3 is 4.90 Å². The zero-order chi connectivity index (χ0) is 15.2. The lowest BCUT2D eigenvalue weighted by atomic mass is 10.0. The van der Waals surface area contributed by atoms with Crippen molar-refractivity contribution in [3.05, 3.63) is 40.2 Å². The maximum absolute atomic E-state index is 11.8. The summed E-state index contributed by atoms with van der Waals surface area (Å²) in [5.41, 5.74) is 4.44. The van der Waals surface area contributed by atoms with Crippen molar-refractivity contribution >= 4 is 28.1 Å². The fraction of sp³-hybridized carbons (Fsp3) is 0.400. The van der Waals surface area contributed by atoms with E-state index in [0.717, 1.165) is 33.3 Å². The van der Waals surface area contributed by atoms with Crippen LogP contribution in [0.1, 0.15) is 25.6 Å². The number of nitrogens with zero attached hydrogens (tertiary/aromatic N) is 3. The summed E-state index contributed by atoms with van der Waals surface area (Å²) in [7, 11) is 2.64. The Morgan fingerprint density at radius 3 is 2.38 bits per heavy atom. The van der Waals surface area contributed by atoms with E-state index in [4.69, 9.17) is 11.6 Å². The molecule has 0 bridgehead atoms. The molecule has 0 N–H and O–H groups in total. The van der Waals surface area contributed by atoms with Crippen LogP contribution in [0, 0.1) is 6.92 Å². The standard InChI is InChI=1S/C14H18ClN3OS.CH4/c1-8-7-11(15)10(3)17(4)13(8)12-9(2)14(20(6)19)18(5)16-12;/h7H,3H2,1-2,4-6H3;1H4. The third-order valence-electron chi connectivity index (χ3n) is 3.45. The lowest BCUT2D eigenvalue weighted by Crippen LogP contribution is -2.21. The van der Waals surface area contributed by atoms with Crippen molar-refractivity contribution in [3.63, 3.8) is 0 Å². The molecule has 0 fully saturated rings. The molecule has 116 valence electrons. The van der Waals surface area contributed by atoms with Crippen LogP contribution in [-0.2, 0) is 17.8 Å². The van der Waals surface area contributed by atoms with Crippen molar-refractivity contribution in [2.24, 2.45) is 7.05 Å². The van der Waals surface area contributed by atoms with E-state index in [1.54, 1.807) is 10.9 Å². The minimum atomic E-state index is -1.08. The molecule has 2 rings (SSSR count). The highest BCUT2D eigenvalue weighted by Crippen LogP contribution is 2.36. The Bertz CT molecular complexity index is 685. The van der Waals surface area contributed by atoms with E-state index < -0.39 is 10.8 Å². The molecule has 21 heavy (non-hydrogen) atoms. The Morgan fingerprint density at radius 1 is 1.33 bits per heavy atom. The summed E-state index contributed by atoms with van der Waals surface area (Å²) in [5, 5.41) is 5.89. The van der Waals surface area contributed by atoms with Gasteiger partial charge >= 0.3 is 0 Å². The largest absolute Gasteiger partial charge is 0.342 e. The summed E-state index contributed by atoms with van der Waals surface area (Å²) in [6, 6.07) is 0. The van der Waals surface area contributed by atoms with Crippen molar-refractivity contribution in [2.45, 2.75) is 26.3 Å². The third kappa shape index (κ3) is 2.85. The summed E-state index contributed by atoms with van der Waals surface area (Å²) in [6.45, 7) is 7.90. The van der Waals surface area contributed by atoms with Gasteiger partial charge in [0.05, 0.1) is 27.2 Å². The second-order valence-electron chi connectivity index (χ2n) is 4.89. The molecule has 1 aromatic rings. The Balaban J connectivity index is 0.00000220. The Morgan fingerprint density at radius 2 is 1.90 bits per heavy atom. The van der Waals surface area contributed by atoms with Crippen LogP contribution >= 0.6 is 11.6 Å². The van der Waals surface area contributed by atoms with Gasteiger partial charge in [0.2, 0.25) is 0 Å². The number of aromatic nitrogens is 2. The zero-order valence-corrected chi connectivity index (χ0v) is 13.9. The van der Waals surface area contributed by atoms with E-state index >= 15 is 0 Å². The number of hydrogen-bond donors (Lipinski definition) is 0. The van der Waals surface area contributed by atoms with Gasteiger partial charge in [0.15, 0.2) is 0 Å². The van der Waals surface area contributed by atoms with E-state index in [2.05, 4.69) is 11.7 Å². The molecule has 0 spiro atoms. The predicted molar refractivity (Wildman–Crippen MR) is 90.4 cm³/mol. The molecule has 0 saturated carbocycles. The van der Waals surface area contributed by atoms with E-state index in [1.807, 2.05) is 38.9 Å². The smallest absolute Gasteiger partial charge is 0.128 e. The molecule has 0 amide bonds. The number of halogens is 1. The molecule has 1 unspecified atom stereocenters. The highest BCUT2D eigenvalue weighted by atomic mass is 35.5. The summed E-state index contributed by atoms with van der Waals surface area (Å²) in [6.07, 6.45) is 3.55. The fourth-order valence-corrected chi connectivity index (χ4v) is 3.72. The van der Waals surface area contributed by atoms with Crippen LogP contribution in [-0.4, -0.2) is 32.2 Å². The minimum Gasteiger partial charge on any atom is -0.342 e. The molecular formula is C15H22ClN3OS. The molecule has 0 radical (unpaired) electrons. The van der Waals surface area contributed by atoms with Gasteiger partial charge in [0.25, 0.3) is 0 Å². The Hall–Kier alpha value is -1.33. The number of aryl methyl sites for hydroxylation is 1. The molecule has 1 aromatic heterocycles. The number of hydrogen-bond acceptors (Lipinski definition) is 3. The first-order valence-corrected chi connectivity index (χ1v) is 8.07. The van der Waals surface area contributed by atoms with Gasteiger partial charge in [-0.25, -0.2) is 0 Å². The van der Waals surface area contributed by atoms with Gasteiger partial charge in [-0.1, -0.05) is 25.6 Å². The van der Waals surface area contributed by atoms with Crippen LogP contribution in [0.4, 0.5) is 0 Å². The van der Waals surface area contributed by atoms with E-state index in [-0.39, 0.29) is 7.43 Å². The average Bonchev–Trinajstić information content (AvgIpc) is 2.62. The second-order valence-corrected chi connectivity index (χ2v) is 6.59. The highest BCUT2D eigenvalue weighted by Gasteiger charge is 2.26. The van der Waals surface area contributed by atoms with E-state index in [9.17, 15) is 4.21 Å². The predicted octanol–water partition coefficient (Wildman–Crippen LogP) is 3.41. The quantitative estimate of drug-likeness (QED) is 0.835. The van der Waals surface area contributed by atoms with Crippen molar-refractivity contribution in [1.29, 1.82) is 0 Å². The maximum Gasteiger partial charge on any atom is 0.128 e. The van der Waals surface area contributed by atoms with E-state index in [0.29, 0.717) is 5.03 Å². The van der Waals surface area contributed by atoms with Gasteiger partial charge in [-0.05, 0) is 25.5 Å². The molecule has 1 aliphatic rings. The van der Waals surface area contributed by atoms with Crippen LogP contribution in [0.5, 0.6) is 0 Å². The van der Waals surface area contributed by atoms with Crippen LogP contribution in [0.15, 0.2) is 34.0 Å². The zero-order valence-electron chi connectivity index (χ0n) is 12.3. The van der Waals surface area contributed by atoms with Crippen LogP contribution in [0.2, 0.25) is 0 Å². The molecule has 6 heteroatoms. The monoisotopic (exact) mass is 327 g/mol. The fourth-order valence-electron chi connectivity index (χ4n) is 2.49. The van der Waals surface area contributed by atoms with Crippen LogP contribution in [0.3, 0.4) is 0 Å². The minimum absolute atomic E-state index is 0. The van der Waals surface area contributed by atoms with Crippen LogP contribution in [0.25, 0.3) is 5.70 Å². The Labute approximate surface area is 134 Å². The average molecular weight is 328 g/mol. The van der Waals surface area contributed by atoms with Crippen molar-refractivity contribution in [1.82, 2.24) is 14.7 Å². The maximum atomic E-state index is 11.8. The molecule has 1 aliphatic heterocycles. The molecule has 2 heterocycles. The van der Waals surface area contributed by atoms with Gasteiger partial charge in [-0.3, -0.25) is 8.89 Å². The molecule has 0 aliphatic carbocycles. The van der Waals surface area contributed by atoms with Crippen molar-refractivity contribution < 1.29 is 4.21 Å². The summed E-state index contributed by atoms with van der Waals surface area (Å²) in [5.74, 6) is 0. The summed E-state index contributed by atoms with van der Waals surface area (Å²) < 4.78 is 13.5. The van der Waals surface area contributed by atoms with Crippen molar-refractivity contribution in [2.75, 3.05) is 13.3 Å².